The number of aromatic nitrogens is 3. The van der Waals surface area contributed by atoms with Gasteiger partial charge in [-0.1, -0.05) is 18.2 Å². The Morgan fingerprint density at radius 2 is 1.86 bits per heavy atom. The van der Waals surface area contributed by atoms with Crippen molar-refractivity contribution < 1.29 is 9.53 Å². The Morgan fingerprint density at radius 3 is 2.57 bits per heavy atom. The number of aromatic amines is 1. The highest BCUT2D eigenvalue weighted by Crippen LogP contribution is 2.23. The van der Waals surface area contributed by atoms with E-state index in [4.69, 9.17) is 4.74 Å². The maximum absolute atomic E-state index is 10.8. The molecular weight excluding hydrogens is 354 g/mol. The number of carbonyl (C=O) groups excluding carboxylic acids is 1. The van der Waals surface area contributed by atoms with Gasteiger partial charge in [0.1, 0.15) is 5.75 Å². The summed E-state index contributed by atoms with van der Waals surface area (Å²) in [5.74, 6) is 2.22. The first-order valence-electron chi connectivity index (χ1n) is 9.33. The fourth-order valence-electron chi connectivity index (χ4n) is 3.36. The normalized spacial score (nSPS) is 14.8. The number of nitrogens with one attached hydrogen (secondary N) is 1. The molecular formula is C21H23N5O2. The van der Waals surface area contributed by atoms with Crippen molar-refractivity contribution in [3.8, 4) is 28.5 Å². The van der Waals surface area contributed by atoms with Crippen LogP contribution in [0.3, 0.4) is 0 Å². The number of methoxy groups -OCH3 is 1. The van der Waals surface area contributed by atoms with Gasteiger partial charge in [-0.15, -0.1) is 0 Å². The number of benzene rings is 2. The molecule has 4 rings (SSSR count). The summed E-state index contributed by atoms with van der Waals surface area (Å²) in [5.41, 5.74) is 3.16. The predicted molar refractivity (Wildman–Crippen MR) is 107 cm³/mol. The maximum atomic E-state index is 10.8. The molecule has 0 aliphatic carbocycles. The number of rotatable bonds is 6. The third-order valence-electron chi connectivity index (χ3n) is 5.00. The lowest BCUT2D eigenvalue weighted by molar-refractivity contribution is -0.119. The van der Waals surface area contributed by atoms with E-state index in [-0.39, 0.29) is 0 Å². The van der Waals surface area contributed by atoms with Gasteiger partial charge >= 0.3 is 0 Å². The average molecular weight is 377 g/mol. The molecule has 1 amide bonds. The Hall–Kier alpha value is -3.19. The van der Waals surface area contributed by atoms with Gasteiger partial charge in [0.05, 0.1) is 7.11 Å². The van der Waals surface area contributed by atoms with E-state index in [1.807, 2.05) is 41.3 Å². The van der Waals surface area contributed by atoms with E-state index in [2.05, 4.69) is 32.2 Å². The van der Waals surface area contributed by atoms with Crippen molar-refractivity contribution >= 4 is 6.41 Å². The van der Waals surface area contributed by atoms with Gasteiger partial charge in [-0.25, -0.2) is 4.98 Å². The maximum Gasteiger partial charge on any atom is 0.209 e. The third kappa shape index (κ3) is 4.04. The molecule has 1 aliphatic rings. The zero-order chi connectivity index (χ0) is 19.3. The highest BCUT2D eigenvalue weighted by Gasteiger charge is 2.16. The van der Waals surface area contributed by atoms with E-state index in [0.29, 0.717) is 5.82 Å². The van der Waals surface area contributed by atoms with Crippen LogP contribution in [0.1, 0.15) is 5.56 Å². The SMILES string of the molecule is COc1ccc(-c2nc(-c3cccc(CN4CCN(C=O)CC4)c3)n[nH]2)cc1. The molecule has 0 radical (unpaired) electrons. The van der Waals surface area contributed by atoms with E-state index >= 15 is 0 Å². The van der Waals surface area contributed by atoms with Crippen LogP contribution in [-0.4, -0.2) is 64.7 Å². The van der Waals surface area contributed by atoms with E-state index in [0.717, 1.165) is 61.8 Å². The molecule has 3 aromatic rings. The molecule has 7 heteroatoms. The Labute approximate surface area is 164 Å². The molecule has 144 valence electrons. The van der Waals surface area contributed by atoms with E-state index in [1.165, 1.54) is 5.56 Å². The first-order chi connectivity index (χ1) is 13.7. The summed E-state index contributed by atoms with van der Waals surface area (Å²) in [7, 11) is 1.65. The summed E-state index contributed by atoms with van der Waals surface area (Å²) in [4.78, 5) is 19.7. The van der Waals surface area contributed by atoms with Crippen LogP contribution in [0.25, 0.3) is 22.8 Å². The second kappa shape index (κ2) is 8.22. The zero-order valence-corrected chi connectivity index (χ0v) is 15.8. The van der Waals surface area contributed by atoms with Crippen LogP contribution in [0.4, 0.5) is 0 Å². The van der Waals surface area contributed by atoms with Crippen LogP contribution < -0.4 is 4.74 Å². The van der Waals surface area contributed by atoms with Gasteiger partial charge in [-0.05, 0) is 35.9 Å². The van der Waals surface area contributed by atoms with Gasteiger partial charge in [0.2, 0.25) is 6.41 Å². The topological polar surface area (TPSA) is 74.3 Å². The van der Waals surface area contributed by atoms with Crippen LogP contribution in [0.5, 0.6) is 5.75 Å². The smallest absolute Gasteiger partial charge is 0.209 e. The fourth-order valence-corrected chi connectivity index (χ4v) is 3.36. The van der Waals surface area contributed by atoms with Crippen molar-refractivity contribution in [2.75, 3.05) is 33.3 Å². The molecule has 0 bridgehead atoms. The minimum atomic E-state index is 0.679. The van der Waals surface area contributed by atoms with Crippen molar-refractivity contribution in [3.63, 3.8) is 0 Å². The van der Waals surface area contributed by atoms with Gasteiger partial charge in [-0.2, -0.15) is 5.10 Å². The molecule has 1 aromatic heterocycles. The van der Waals surface area contributed by atoms with Crippen LogP contribution in [0.15, 0.2) is 48.5 Å². The quantitative estimate of drug-likeness (QED) is 0.668. The number of piperazine rings is 1. The fraction of sp³-hybridized carbons (Fsp3) is 0.286. The number of hydrogen-bond donors (Lipinski definition) is 1. The molecule has 0 spiro atoms. The monoisotopic (exact) mass is 377 g/mol. The van der Waals surface area contributed by atoms with Gasteiger partial charge < -0.3 is 9.64 Å². The minimum Gasteiger partial charge on any atom is -0.497 e. The molecule has 0 atom stereocenters. The summed E-state index contributed by atoms with van der Waals surface area (Å²) >= 11 is 0. The summed E-state index contributed by atoms with van der Waals surface area (Å²) in [5, 5.41) is 7.41. The molecule has 0 saturated carbocycles. The second-order valence-corrected chi connectivity index (χ2v) is 6.85. The van der Waals surface area contributed by atoms with Gasteiger partial charge in [0.25, 0.3) is 0 Å². The minimum absolute atomic E-state index is 0.679. The summed E-state index contributed by atoms with van der Waals surface area (Å²) in [6.45, 7) is 4.22. The highest BCUT2D eigenvalue weighted by molar-refractivity contribution is 5.62. The molecule has 2 aromatic carbocycles. The average Bonchev–Trinajstić information content (AvgIpc) is 3.25. The third-order valence-corrected chi connectivity index (χ3v) is 5.00. The van der Waals surface area contributed by atoms with Gasteiger partial charge in [0, 0.05) is 43.9 Å². The van der Waals surface area contributed by atoms with E-state index in [1.54, 1.807) is 7.11 Å². The van der Waals surface area contributed by atoms with Crippen LogP contribution >= 0.6 is 0 Å². The Kier molecular flexibility index (Phi) is 5.34. The highest BCUT2D eigenvalue weighted by atomic mass is 16.5. The second-order valence-electron chi connectivity index (χ2n) is 6.85. The molecule has 0 unspecified atom stereocenters. The largest absolute Gasteiger partial charge is 0.497 e. The summed E-state index contributed by atoms with van der Waals surface area (Å²) in [6, 6.07) is 16.0. The van der Waals surface area contributed by atoms with Gasteiger partial charge in [0.15, 0.2) is 11.6 Å². The Bertz CT molecular complexity index is 930. The Balaban J connectivity index is 1.47. The Morgan fingerprint density at radius 1 is 1.07 bits per heavy atom. The first kappa shape index (κ1) is 18.2. The van der Waals surface area contributed by atoms with Crippen LogP contribution in [-0.2, 0) is 11.3 Å². The molecule has 1 saturated heterocycles. The van der Waals surface area contributed by atoms with Gasteiger partial charge in [-0.3, -0.25) is 14.8 Å². The standard InChI is InChI=1S/C21H23N5O2/c1-28-19-7-5-17(6-8-19)20-22-21(24-23-20)18-4-2-3-16(13-18)14-25-9-11-26(15-27)12-10-25/h2-8,13,15H,9-12,14H2,1H3,(H,22,23,24). The molecule has 1 N–H and O–H groups in total. The summed E-state index contributed by atoms with van der Waals surface area (Å²) < 4.78 is 5.20. The van der Waals surface area contributed by atoms with Crippen LogP contribution in [0, 0.1) is 0 Å². The molecule has 1 aliphatic heterocycles. The number of ether oxygens (including phenoxy) is 1. The lowest BCUT2D eigenvalue weighted by atomic mass is 10.1. The number of H-pyrrole nitrogens is 1. The van der Waals surface area contributed by atoms with E-state index in [9.17, 15) is 4.79 Å². The van der Waals surface area contributed by atoms with Crippen LogP contribution in [0.2, 0.25) is 0 Å². The van der Waals surface area contributed by atoms with Crippen molar-refractivity contribution in [2.24, 2.45) is 0 Å². The van der Waals surface area contributed by atoms with E-state index < -0.39 is 0 Å². The molecule has 7 nitrogen and oxygen atoms in total. The molecule has 1 fully saturated rings. The van der Waals surface area contributed by atoms with Crippen molar-refractivity contribution in [3.05, 3.63) is 54.1 Å². The first-order valence-corrected chi connectivity index (χ1v) is 9.33. The predicted octanol–water partition coefficient (Wildman–Crippen LogP) is 2.42. The summed E-state index contributed by atoms with van der Waals surface area (Å²) in [6.07, 6.45) is 0.932. The van der Waals surface area contributed by atoms with Crippen molar-refractivity contribution in [2.45, 2.75) is 6.54 Å². The number of amides is 1. The van der Waals surface area contributed by atoms with Crippen molar-refractivity contribution in [1.82, 2.24) is 25.0 Å². The number of hydrogen-bond acceptors (Lipinski definition) is 5. The number of carbonyl (C=O) groups is 1. The molecule has 28 heavy (non-hydrogen) atoms. The zero-order valence-electron chi connectivity index (χ0n) is 15.8. The lowest BCUT2D eigenvalue weighted by Crippen LogP contribution is -2.45. The number of nitrogens with zero attached hydrogens (tertiary/aromatic N) is 4. The van der Waals surface area contributed by atoms with Crippen molar-refractivity contribution in [1.29, 1.82) is 0 Å². The lowest BCUT2D eigenvalue weighted by Gasteiger charge is -2.32. The molecule has 2 heterocycles.